The number of amides is 1. The van der Waals surface area contributed by atoms with E-state index < -0.39 is 16.0 Å². The minimum atomic E-state index is -3.45. The number of piperidine rings is 1. The number of aryl methyl sites for hydroxylation is 1. The van der Waals surface area contributed by atoms with E-state index in [1.807, 2.05) is 20.8 Å². The molecule has 1 amide bonds. The van der Waals surface area contributed by atoms with E-state index in [1.165, 1.54) is 4.31 Å². The predicted octanol–water partition coefficient (Wildman–Crippen LogP) is 2.50. The van der Waals surface area contributed by atoms with Gasteiger partial charge < -0.3 is 10.1 Å². The summed E-state index contributed by atoms with van der Waals surface area (Å²) in [5.41, 5.74) is 0.845. The second-order valence-electron chi connectivity index (χ2n) is 7.87. The van der Waals surface area contributed by atoms with Crippen LogP contribution in [0.3, 0.4) is 0 Å². The van der Waals surface area contributed by atoms with Gasteiger partial charge in [0.2, 0.25) is 10.0 Å². The van der Waals surface area contributed by atoms with Crippen molar-refractivity contribution in [2.45, 2.75) is 63.8 Å². The summed E-state index contributed by atoms with van der Waals surface area (Å²) in [6, 6.07) is 6.64. The van der Waals surface area contributed by atoms with Crippen LogP contribution in [0, 0.1) is 5.92 Å². The van der Waals surface area contributed by atoms with Crippen molar-refractivity contribution in [2.24, 2.45) is 5.92 Å². The van der Waals surface area contributed by atoms with Crippen LogP contribution >= 0.6 is 0 Å². The molecule has 0 saturated carbocycles. The van der Waals surface area contributed by atoms with Crippen LogP contribution in [0.15, 0.2) is 29.2 Å². The number of esters is 1. The normalized spacial score (nSPS) is 16.4. The molecule has 1 fully saturated rings. The molecule has 0 aliphatic carbocycles. The Morgan fingerprint density at radius 2 is 1.69 bits per heavy atom. The molecule has 1 aromatic rings. The Labute approximate surface area is 173 Å². The van der Waals surface area contributed by atoms with Crippen LogP contribution in [-0.4, -0.2) is 50.3 Å². The number of nitrogens with one attached hydrogen (secondary N) is 1. The number of hydrogen-bond acceptors (Lipinski definition) is 5. The van der Waals surface area contributed by atoms with Crippen LogP contribution < -0.4 is 5.32 Å². The Morgan fingerprint density at radius 1 is 1.07 bits per heavy atom. The van der Waals surface area contributed by atoms with Gasteiger partial charge in [-0.25, -0.2) is 8.42 Å². The molecule has 0 unspecified atom stereocenters. The van der Waals surface area contributed by atoms with Gasteiger partial charge in [-0.2, -0.15) is 4.31 Å². The fourth-order valence-corrected chi connectivity index (χ4v) is 4.53. The van der Waals surface area contributed by atoms with E-state index in [2.05, 4.69) is 5.32 Å². The zero-order valence-corrected chi connectivity index (χ0v) is 18.3. The molecule has 8 heteroatoms. The van der Waals surface area contributed by atoms with Crippen molar-refractivity contribution in [3.8, 4) is 0 Å². The Hall–Kier alpha value is -1.93. The summed E-state index contributed by atoms with van der Waals surface area (Å²) >= 11 is 0. The largest absolute Gasteiger partial charge is 0.456 e. The van der Waals surface area contributed by atoms with Gasteiger partial charge >= 0.3 is 5.97 Å². The molecule has 1 aromatic carbocycles. The van der Waals surface area contributed by atoms with Crippen LogP contribution in [0.25, 0.3) is 0 Å². The number of carbonyl (C=O) groups excluding carboxylic acids is 2. The number of ether oxygens (including phenoxy) is 1. The van der Waals surface area contributed by atoms with E-state index in [1.54, 1.807) is 24.3 Å². The first-order valence-electron chi connectivity index (χ1n) is 10.2. The van der Waals surface area contributed by atoms with Crippen LogP contribution in [-0.2, 0) is 30.8 Å². The van der Waals surface area contributed by atoms with E-state index in [-0.39, 0.29) is 29.9 Å². The van der Waals surface area contributed by atoms with Crippen molar-refractivity contribution < 1.29 is 22.7 Å². The van der Waals surface area contributed by atoms with Crippen molar-refractivity contribution >= 4 is 21.9 Å². The van der Waals surface area contributed by atoms with Gasteiger partial charge in [0, 0.05) is 25.6 Å². The van der Waals surface area contributed by atoms with E-state index in [0.29, 0.717) is 25.4 Å². The molecule has 1 atom stereocenters. The molecular weight excluding hydrogens is 392 g/mol. The number of sulfonamides is 1. The maximum absolute atomic E-state index is 12.6. The fraction of sp³-hybridized carbons (Fsp3) is 0.619. The minimum Gasteiger partial charge on any atom is -0.456 e. The quantitative estimate of drug-likeness (QED) is 0.615. The zero-order chi connectivity index (χ0) is 21.4. The van der Waals surface area contributed by atoms with Crippen LogP contribution in [0.5, 0.6) is 0 Å². The molecule has 1 aliphatic heterocycles. The monoisotopic (exact) mass is 424 g/mol. The first kappa shape index (κ1) is 23.3. The third-order valence-electron chi connectivity index (χ3n) is 5.25. The first-order valence-corrected chi connectivity index (χ1v) is 11.7. The van der Waals surface area contributed by atoms with E-state index in [9.17, 15) is 18.0 Å². The van der Waals surface area contributed by atoms with Crippen molar-refractivity contribution in [3.05, 3.63) is 29.8 Å². The average Bonchev–Trinajstić information content (AvgIpc) is 2.71. The Morgan fingerprint density at radius 3 is 2.28 bits per heavy atom. The highest BCUT2D eigenvalue weighted by atomic mass is 32.2. The van der Waals surface area contributed by atoms with Gasteiger partial charge in [0.05, 0.1) is 4.90 Å². The number of nitrogens with zero attached hydrogens (tertiary/aromatic N) is 1. The third kappa shape index (κ3) is 7.12. The van der Waals surface area contributed by atoms with Gasteiger partial charge in [-0.05, 0) is 49.8 Å². The highest BCUT2D eigenvalue weighted by Crippen LogP contribution is 2.21. The molecule has 1 N–H and O–H groups in total. The second kappa shape index (κ2) is 10.7. The van der Waals surface area contributed by atoms with Gasteiger partial charge in [-0.15, -0.1) is 0 Å². The van der Waals surface area contributed by atoms with Crippen molar-refractivity contribution in [1.29, 1.82) is 0 Å². The van der Waals surface area contributed by atoms with Crippen LogP contribution in [0.4, 0.5) is 0 Å². The summed E-state index contributed by atoms with van der Waals surface area (Å²) in [6.07, 6.45) is 3.42. The van der Waals surface area contributed by atoms with E-state index >= 15 is 0 Å². The molecule has 7 nitrogen and oxygen atoms in total. The maximum atomic E-state index is 12.6. The number of carbonyl (C=O) groups is 2. The van der Waals surface area contributed by atoms with Gasteiger partial charge in [0.1, 0.15) is 0 Å². The topological polar surface area (TPSA) is 92.8 Å². The molecular formula is C21H32N2O5S. The van der Waals surface area contributed by atoms with Crippen molar-refractivity contribution in [1.82, 2.24) is 9.62 Å². The Bertz CT molecular complexity index is 784. The lowest BCUT2D eigenvalue weighted by molar-refractivity contribution is -0.148. The number of benzene rings is 1. The number of rotatable bonds is 9. The summed E-state index contributed by atoms with van der Waals surface area (Å²) in [6.45, 7) is 6.75. The molecule has 29 heavy (non-hydrogen) atoms. The van der Waals surface area contributed by atoms with Crippen molar-refractivity contribution in [2.75, 3.05) is 19.7 Å². The van der Waals surface area contributed by atoms with Crippen LogP contribution in [0.1, 0.15) is 52.0 Å². The highest BCUT2D eigenvalue weighted by Gasteiger charge is 2.25. The molecule has 1 saturated heterocycles. The van der Waals surface area contributed by atoms with Crippen molar-refractivity contribution in [3.63, 3.8) is 0 Å². The van der Waals surface area contributed by atoms with Gasteiger partial charge in [-0.3, -0.25) is 9.59 Å². The standard InChI is InChI=1S/C21H32N2O5S/c1-16(2)17(3)22-20(24)15-28-21(25)12-9-18-7-10-19(11-8-18)29(26,27)23-13-5-4-6-14-23/h7-8,10-11,16-17H,4-6,9,12-15H2,1-3H3,(H,22,24)/t17-/m0/s1. The lowest BCUT2D eigenvalue weighted by Gasteiger charge is -2.25. The molecule has 0 bridgehead atoms. The van der Waals surface area contributed by atoms with Gasteiger partial charge in [0.25, 0.3) is 5.91 Å². The maximum Gasteiger partial charge on any atom is 0.306 e. The summed E-state index contributed by atoms with van der Waals surface area (Å²) in [5, 5.41) is 2.78. The minimum absolute atomic E-state index is 0.0148. The predicted molar refractivity (Wildman–Crippen MR) is 111 cm³/mol. The van der Waals surface area contributed by atoms with Gasteiger partial charge in [-0.1, -0.05) is 32.4 Å². The highest BCUT2D eigenvalue weighted by molar-refractivity contribution is 7.89. The molecule has 1 heterocycles. The second-order valence-corrected chi connectivity index (χ2v) is 9.81. The number of hydrogen-bond donors (Lipinski definition) is 1. The summed E-state index contributed by atoms with van der Waals surface area (Å²) < 4.78 is 31.8. The Kier molecular flexibility index (Phi) is 8.64. The zero-order valence-electron chi connectivity index (χ0n) is 17.5. The lowest BCUT2D eigenvalue weighted by atomic mass is 10.1. The molecule has 0 radical (unpaired) electrons. The average molecular weight is 425 g/mol. The van der Waals surface area contributed by atoms with E-state index in [4.69, 9.17) is 4.74 Å². The van der Waals surface area contributed by atoms with Crippen LogP contribution in [0.2, 0.25) is 0 Å². The molecule has 2 rings (SSSR count). The molecule has 1 aliphatic rings. The molecule has 0 aromatic heterocycles. The smallest absolute Gasteiger partial charge is 0.306 e. The van der Waals surface area contributed by atoms with Gasteiger partial charge in [0.15, 0.2) is 6.61 Å². The lowest BCUT2D eigenvalue weighted by Crippen LogP contribution is -2.38. The van der Waals surface area contributed by atoms with E-state index in [0.717, 1.165) is 24.8 Å². The molecule has 0 spiro atoms. The summed E-state index contributed by atoms with van der Waals surface area (Å²) in [4.78, 5) is 23.9. The SMILES string of the molecule is CC(C)[C@H](C)NC(=O)COC(=O)CCc1ccc(S(=O)(=O)N2CCCCC2)cc1. The third-order valence-corrected chi connectivity index (χ3v) is 7.16. The summed E-state index contributed by atoms with van der Waals surface area (Å²) in [7, 11) is -3.45. The first-order chi connectivity index (χ1) is 13.7. The fourth-order valence-electron chi connectivity index (χ4n) is 3.01. The summed E-state index contributed by atoms with van der Waals surface area (Å²) in [5.74, 6) is -0.467. The molecule has 162 valence electrons. The Balaban J connectivity index is 1.79.